The summed E-state index contributed by atoms with van der Waals surface area (Å²) < 4.78 is 14.0. The van der Waals surface area contributed by atoms with E-state index in [4.69, 9.17) is 0 Å². The maximum absolute atomic E-state index is 13.6. The number of aryl methyl sites for hydroxylation is 1. The Hall–Kier alpha value is -1.53. The highest BCUT2D eigenvalue weighted by Gasteiger charge is 2.11. The predicted molar refractivity (Wildman–Crippen MR) is 88.3 cm³/mol. The molecule has 21 heavy (non-hydrogen) atoms. The van der Waals surface area contributed by atoms with E-state index >= 15 is 0 Å². The lowest BCUT2D eigenvalue weighted by atomic mass is 10.2. The number of halogens is 2. The molecule has 0 amide bonds. The third kappa shape index (κ3) is 3.06. The van der Waals surface area contributed by atoms with Crippen LogP contribution in [0.25, 0.3) is 10.9 Å². The highest BCUT2D eigenvalue weighted by Crippen LogP contribution is 2.26. The Labute approximate surface area is 134 Å². The number of rotatable bonds is 3. The Morgan fingerprint density at radius 1 is 1.33 bits per heavy atom. The van der Waals surface area contributed by atoms with Crippen LogP contribution in [0.2, 0.25) is 0 Å². The van der Waals surface area contributed by atoms with Crippen LogP contribution in [-0.2, 0) is 0 Å². The molecule has 1 N–H and O–H groups in total. The van der Waals surface area contributed by atoms with E-state index in [0.717, 1.165) is 10.4 Å². The lowest BCUT2D eigenvalue weighted by molar-refractivity contribution is 0.623. The quantitative estimate of drug-likeness (QED) is 0.703. The van der Waals surface area contributed by atoms with Gasteiger partial charge in [0.05, 0.1) is 16.0 Å². The third-order valence-electron chi connectivity index (χ3n) is 3.11. The van der Waals surface area contributed by atoms with Crippen LogP contribution in [0.3, 0.4) is 0 Å². The average Bonchev–Trinajstić information content (AvgIpc) is 2.87. The number of fused-ring (bicyclic) bond motifs is 1. The highest BCUT2D eigenvalue weighted by molar-refractivity contribution is 9.10. The maximum atomic E-state index is 13.6. The number of hydrogen-bond acceptors (Lipinski definition) is 4. The first-order valence-electron chi connectivity index (χ1n) is 6.47. The molecular weight excluding hydrogens is 353 g/mol. The molecule has 0 saturated carbocycles. The van der Waals surface area contributed by atoms with E-state index < -0.39 is 0 Å². The van der Waals surface area contributed by atoms with Gasteiger partial charge in [0.1, 0.15) is 16.6 Å². The Morgan fingerprint density at radius 3 is 2.86 bits per heavy atom. The molecule has 0 saturated heterocycles. The van der Waals surface area contributed by atoms with Crippen LogP contribution in [0.4, 0.5) is 10.2 Å². The summed E-state index contributed by atoms with van der Waals surface area (Å²) in [4.78, 5) is 9.99. The first-order chi connectivity index (χ1) is 10.0. The highest BCUT2D eigenvalue weighted by atomic mass is 79.9. The van der Waals surface area contributed by atoms with E-state index in [0.29, 0.717) is 15.8 Å². The zero-order valence-electron chi connectivity index (χ0n) is 11.5. The zero-order valence-corrected chi connectivity index (χ0v) is 13.9. The van der Waals surface area contributed by atoms with Gasteiger partial charge >= 0.3 is 0 Å². The first-order valence-corrected chi connectivity index (χ1v) is 8.08. The second kappa shape index (κ2) is 5.69. The van der Waals surface area contributed by atoms with Gasteiger partial charge in [-0.05, 0) is 48.0 Å². The Morgan fingerprint density at radius 2 is 2.14 bits per heavy atom. The molecule has 0 fully saturated rings. The van der Waals surface area contributed by atoms with Crippen LogP contribution in [0.15, 0.2) is 34.9 Å². The number of thiazole rings is 1. The summed E-state index contributed by atoms with van der Waals surface area (Å²) in [6.07, 6.45) is 1.86. The topological polar surface area (TPSA) is 37.8 Å². The van der Waals surface area contributed by atoms with E-state index in [1.807, 2.05) is 32.2 Å². The molecule has 0 spiro atoms. The lowest BCUT2D eigenvalue weighted by Gasteiger charge is -2.12. The number of anilines is 1. The van der Waals surface area contributed by atoms with Crippen molar-refractivity contribution in [2.24, 2.45) is 0 Å². The normalized spacial score (nSPS) is 12.6. The minimum absolute atomic E-state index is 0.0638. The SMILES string of the molecule is Cc1cnc(C(C)Nc2ccc3cc(Br)c(F)cc3n2)s1. The molecule has 0 radical (unpaired) electrons. The van der Waals surface area contributed by atoms with Crippen molar-refractivity contribution in [2.75, 3.05) is 5.32 Å². The van der Waals surface area contributed by atoms with Crippen LogP contribution in [0, 0.1) is 12.7 Å². The minimum atomic E-state index is -0.309. The fraction of sp³-hybridized carbons (Fsp3) is 0.200. The van der Waals surface area contributed by atoms with Crippen LogP contribution in [-0.4, -0.2) is 9.97 Å². The Bertz CT molecular complexity index is 803. The average molecular weight is 366 g/mol. The molecule has 1 atom stereocenters. The summed E-state index contributed by atoms with van der Waals surface area (Å²) in [6, 6.07) is 7.05. The van der Waals surface area contributed by atoms with Gasteiger partial charge in [0.25, 0.3) is 0 Å². The van der Waals surface area contributed by atoms with Crippen molar-refractivity contribution in [1.29, 1.82) is 0 Å². The molecule has 3 aromatic rings. The van der Waals surface area contributed by atoms with Gasteiger partial charge in [-0.3, -0.25) is 0 Å². The summed E-state index contributed by atoms with van der Waals surface area (Å²) in [7, 11) is 0. The fourth-order valence-electron chi connectivity index (χ4n) is 2.05. The largest absolute Gasteiger partial charge is 0.361 e. The molecular formula is C15H13BrFN3S. The van der Waals surface area contributed by atoms with Gasteiger partial charge in [-0.25, -0.2) is 14.4 Å². The summed E-state index contributed by atoms with van der Waals surface area (Å²) >= 11 is 4.84. The van der Waals surface area contributed by atoms with E-state index in [2.05, 4.69) is 31.2 Å². The van der Waals surface area contributed by atoms with E-state index in [-0.39, 0.29) is 11.9 Å². The van der Waals surface area contributed by atoms with Crippen molar-refractivity contribution in [2.45, 2.75) is 19.9 Å². The molecule has 1 unspecified atom stereocenters. The van der Waals surface area contributed by atoms with Gasteiger partial charge in [-0.1, -0.05) is 0 Å². The monoisotopic (exact) mass is 365 g/mol. The molecule has 0 aliphatic rings. The second-order valence-corrected chi connectivity index (χ2v) is 6.95. The second-order valence-electron chi connectivity index (χ2n) is 4.83. The van der Waals surface area contributed by atoms with Gasteiger partial charge < -0.3 is 5.32 Å². The van der Waals surface area contributed by atoms with Gasteiger partial charge in [-0.15, -0.1) is 11.3 Å². The Kier molecular flexibility index (Phi) is 3.91. The Balaban J connectivity index is 1.89. The molecule has 3 rings (SSSR count). The predicted octanol–water partition coefficient (Wildman–Crippen LogP) is 5.07. The number of pyridine rings is 1. The van der Waals surface area contributed by atoms with Gasteiger partial charge in [0, 0.05) is 22.5 Å². The fourth-order valence-corrected chi connectivity index (χ4v) is 3.19. The van der Waals surface area contributed by atoms with Crippen molar-refractivity contribution >= 4 is 44.0 Å². The molecule has 0 aliphatic heterocycles. The van der Waals surface area contributed by atoms with Crippen LogP contribution in [0.5, 0.6) is 0 Å². The summed E-state index contributed by atoms with van der Waals surface area (Å²) in [6.45, 7) is 4.06. The van der Waals surface area contributed by atoms with Crippen molar-refractivity contribution in [3.63, 3.8) is 0 Å². The van der Waals surface area contributed by atoms with Crippen molar-refractivity contribution in [3.05, 3.63) is 50.6 Å². The number of benzene rings is 1. The lowest BCUT2D eigenvalue weighted by Crippen LogP contribution is -2.07. The maximum Gasteiger partial charge on any atom is 0.139 e. The van der Waals surface area contributed by atoms with Crippen LogP contribution < -0.4 is 5.32 Å². The third-order valence-corrected chi connectivity index (χ3v) is 4.81. The van der Waals surface area contributed by atoms with Crippen molar-refractivity contribution < 1.29 is 4.39 Å². The molecule has 108 valence electrons. The summed E-state index contributed by atoms with van der Waals surface area (Å²) in [5.74, 6) is 0.403. The van der Waals surface area contributed by atoms with Crippen molar-refractivity contribution in [1.82, 2.24) is 9.97 Å². The zero-order chi connectivity index (χ0) is 15.0. The van der Waals surface area contributed by atoms with Gasteiger partial charge in [0.15, 0.2) is 0 Å². The first kappa shape index (κ1) is 14.4. The van der Waals surface area contributed by atoms with Gasteiger partial charge in [-0.2, -0.15) is 0 Å². The number of nitrogens with zero attached hydrogens (tertiary/aromatic N) is 2. The minimum Gasteiger partial charge on any atom is -0.361 e. The van der Waals surface area contributed by atoms with E-state index in [1.165, 1.54) is 10.9 Å². The van der Waals surface area contributed by atoms with Crippen molar-refractivity contribution in [3.8, 4) is 0 Å². The smallest absolute Gasteiger partial charge is 0.139 e. The van der Waals surface area contributed by atoms with Crippen LogP contribution in [0.1, 0.15) is 22.9 Å². The molecule has 2 heterocycles. The molecule has 0 bridgehead atoms. The summed E-state index contributed by atoms with van der Waals surface area (Å²) in [5, 5.41) is 5.21. The molecule has 2 aromatic heterocycles. The molecule has 3 nitrogen and oxygen atoms in total. The standard InChI is InChI=1S/C15H13BrFN3S/c1-8-7-18-15(21-8)9(2)19-14-4-3-10-5-11(16)12(17)6-13(10)20-14/h3-7,9H,1-2H3,(H,19,20). The molecule has 1 aromatic carbocycles. The number of nitrogens with one attached hydrogen (secondary N) is 1. The summed E-state index contributed by atoms with van der Waals surface area (Å²) in [5.41, 5.74) is 0.628. The number of hydrogen-bond donors (Lipinski definition) is 1. The molecule has 0 aliphatic carbocycles. The molecule has 6 heteroatoms. The number of aromatic nitrogens is 2. The van der Waals surface area contributed by atoms with Gasteiger partial charge in [0.2, 0.25) is 0 Å². The van der Waals surface area contributed by atoms with E-state index in [9.17, 15) is 4.39 Å². The van der Waals surface area contributed by atoms with Crippen LogP contribution >= 0.6 is 27.3 Å². The van der Waals surface area contributed by atoms with E-state index in [1.54, 1.807) is 17.4 Å².